The zero-order valence-electron chi connectivity index (χ0n) is 10.4. The van der Waals surface area contributed by atoms with Gasteiger partial charge in [-0.3, -0.25) is 0 Å². The maximum absolute atomic E-state index is 5.22. The molecule has 0 atom stereocenters. The molecule has 0 fully saturated rings. The monoisotopic (exact) mass is 413 g/mol. The van der Waals surface area contributed by atoms with Crippen molar-refractivity contribution in [3.05, 3.63) is 39.4 Å². The molecular weight excluding hydrogens is 406 g/mol. The van der Waals surface area contributed by atoms with E-state index in [1.54, 1.807) is 24.6 Å². The zero-order valence-corrected chi connectivity index (χ0v) is 14.3. The molecule has 0 spiro atoms. The predicted octanol–water partition coefficient (Wildman–Crippen LogP) is 4.97. The lowest BCUT2D eigenvalue weighted by molar-refractivity contribution is 0.415. The molecule has 4 nitrogen and oxygen atoms in total. The smallest absolute Gasteiger partial charge is 0.189 e. The van der Waals surface area contributed by atoms with E-state index < -0.39 is 0 Å². The summed E-state index contributed by atoms with van der Waals surface area (Å²) in [5.74, 6) is 1.56. The standard InChI is InChI=1S/C13H9Br2N3OS/c1-19-8-2-3-10-11(5-8)20-13(17-10)18-12-9(15)4-7(14)6-16-12/h2-6H,1H3,(H,16,17,18). The van der Waals surface area contributed by atoms with E-state index in [0.29, 0.717) is 0 Å². The molecule has 2 aromatic heterocycles. The van der Waals surface area contributed by atoms with Gasteiger partial charge in [0.15, 0.2) is 5.13 Å². The molecule has 0 aliphatic carbocycles. The highest BCUT2D eigenvalue weighted by molar-refractivity contribution is 9.11. The van der Waals surface area contributed by atoms with Gasteiger partial charge in [-0.05, 0) is 56.1 Å². The highest BCUT2D eigenvalue weighted by atomic mass is 79.9. The first-order chi connectivity index (χ1) is 9.65. The van der Waals surface area contributed by atoms with Crippen LogP contribution >= 0.6 is 43.2 Å². The Hall–Kier alpha value is -1.18. The van der Waals surface area contributed by atoms with E-state index in [1.807, 2.05) is 24.3 Å². The number of pyridine rings is 1. The number of fused-ring (bicyclic) bond motifs is 1. The van der Waals surface area contributed by atoms with Crippen LogP contribution in [0.1, 0.15) is 0 Å². The summed E-state index contributed by atoms with van der Waals surface area (Å²) in [6, 6.07) is 7.76. The summed E-state index contributed by atoms with van der Waals surface area (Å²) in [6.07, 6.45) is 1.74. The Morgan fingerprint density at radius 2 is 2.10 bits per heavy atom. The van der Waals surface area contributed by atoms with Crippen molar-refractivity contribution in [2.75, 3.05) is 12.4 Å². The fourth-order valence-electron chi connectivity index (χ4n) is 1.69. The highest BCUT2D eigenvalue weighted by Gasteiger charge is 2.08. The van der Waals surface area contributed by atoms with Gasteiger partial charge in [-0.15, -0.1) is 0 Å². The number of aromatic nitrogens is 2. The second kappa shape index (κ2) is 5.67. The molecular formula is C13H9Br2N3OS. The Bertz CT molecular complexity index is 775. The van der Waals surface area contributed by atoms with Crippen LogP contribution in [0.3, 0.4) is 0 Å². The zero-order chi connectivity index (χ0) is 14.1. The van der Waals surface area contributed by atoms with Crippen molar-refractivity contribution >= 4 is 64.4 Å². The molecule has 20 heavy (non-hydrogen) atoms. The van der Waals surface area contributed by atoms with Crippen LogP contribution in [-0.2, 0) is 0 Å². The van der Waals surface area contributed by atoms with Crippen LogP contribution in [0.4, 0.5) is 10.9 Å². The first-order valence-electron chi connectivity index (χ1n) is 5.68. The average Bonchev–Trinajstić information content (AvgIpc) is 2.83. The summed E-state index contributed by atoms with van der Waals surface area (Å²) in [6.45, 7) is 0. The Morgan fingerprint density at radius 1 is 1.25 bits per heavy atom. The number of benzene rings is 1. The number of methoxy groups -OCH3 is 1. The summed E-state index contributed by atoms with van der Waals surface area (Å²) in [4.78, 5) is 8.84. The fraction of sp³-hybridized carbons (Fsp3) is 0.0769. The third-order valence-electron chi connectivity index (χ3n) is 2.63. The number of ether oxygens (including phenoxy) is 1. The van der Waals surface area contributed by atoms with Gasteiger partial charge in [0.25, 0.3) is 0 Å². The molecule has 102 valence electrons. The summed E-state index contributed by atoms with van der Waals surface area (Å²) in [5.41, 5.74) is 0.937. The molecule has 0 unspecified atom stereocenters. The van der Waals surface area contributed by atoms with Gasteiger partial charge >= 0.3 is 0 Å². The Balaban J connectivity index is 1.94. The summed E-state index contributed by atoms with van der Waals surface area (Å²) in [7, 11) is 1.66. The molecule has 3 rings (SSSR count). The number of anilines is 2. The van der Waals surface area contributed by atoms with Crippen molar-refractivity contribution in [2.24, 2.45) is 0 Å². The normalized spacial score (nSPS) is 10.8. The maximum Gasteiger partial charge on any atom is 0.189 e. The van der Waals surface area contributed by atoms with Crippen molar-refractivity contribution in [1.82, 2.24) is 9.97 Å². The van der Waals surface area contributed by atoms with Gasteiger partial charge < -0.3 is 10.1 Å². The van der Waals surface area contributed by atoms with E-state index >= 15 is 0 Å². The lowest BCUT2D eigenvalue weighted by Crippen LogP contribution is -1.93. The number of rotatable bonds is 3. The predicted molar refractivity (Wildman–Crippen MR) is 89.1 cm³/mol. The van der Waals surface area contributed by atoms with E-state index in [2.05, 4.69) is 47.1 Å². The average molecular weight is 415 g/mol. The lowest BCUT2D eigenvalue weighted by atomic mass is 10.3. The number of halogens is 2. The number of nitrogens with zero attached hydrogens (tertiary/aromatic N) is 2. The third kappa shape index (κ3) is 2.79. The van der Waals surface area contributed by atoms with Gasteiger partial charge in [-0.1, -0.05) is 11.3 Å². The third-order valence-corrected chi connectivity index (χ3v) is 4.60. The van der Waals surface area contributed by atoms with E-state index in [0.717, 1.165) is 35.9 Å². The van der Waals surface area contributed by atoms with Crippen LogP contribution < -0.4 is 10.1 Å². The molecule has 7 heteroatoms. The van der Waals surface area contributed by atoms with Crippen molar-refractivity contribution in [1.29, 1.82) is 0 Å². The van der Waals surface area contributed by atoms with Crippen LogP contribution in [-0.4, -0.2) is 17.1 Å². The first-order valence-corrected chi connectivity index (χ1v) is 8.08. The van der Waals surface area contributed by atoms with Gasteiger partial charge in [0, 0.05) is 10.7 Å². The van der Waals surface area contributed by atoms with Gasteiger partial charge in [-0.2, -0.15) is 0 Å². The number of hydrogen-bond acceptors (Lipinski definition) is 5. The van der Waals surface area contributed by atoms with Gasteiger partial charge in [-0.25, -0.2) is 9.97 Å². The minimum Gasteiger partial charge on any atom is -0.497 e. The molecule has 2 heterocycles. The van der Waals surface area contributed by atoms with Crippen molar-refractivity contribution < 1.29 is 4.74 Å². The molecule has 0 bridgehead atoms. The minimum atomic E-state index is 0.735. The van der Waals surface area contributed by atoms with E-state index in [9.17, 15) is 0 Å². The van der Waals surface area contributed by atoms with Crippen LogP contribution in [0.2, 0.25) is 0 Å². The second-order valence-electron chi connectivity index (χ2n) is 3.96. The molecule has 0 amide bonds. The van der Waals surface area contributed by atoms with E-state index in [1.165, 1.54) is 0 Å². The van der Waals surface area contributed by atoms with Crippen LogP contribution in [0, 0.1) is 0 Å². The summed E-state index contributed by atoms with van der Waals surface area (Å²) in [5, 5.41) is 4.01. The Labute approximate surface area is 136 Å². The number of thiazole rings is 1. The topological polar surface area (TPSA) is 47.0 Å². The molecule has 3 aromatic rings. The van der Waals surface area contributed by atoms with Gasteiger partial charge in [0.05, 0.1) is 21.8 Å². The molecule has 0 saturated heterocycles. The second-order valence-corrected chi connectivity index (χ2v) is 6.76. The number of nitrogens with one attached hydrogen (secondary N) is 1. The van der Waals surface area contributed by atoms with Crippen molar-refractivity contribution in [3.63, 3.8) is 0 Å². The van der Waals surface area contributed by atoms with E-state index in [4.69, 9.17) is 4.74 Å². The summed E-state index contributed by atoms with van der Waals surface area (Å²) >= 11 is 8.41. The molecule has 0 radical (unpaired) electrons. The highest BCUT2D eigenvalue weighted by Crippen LogP contribution is 2.32. The van der Waals surface area contributed by atoms with Crippen LogP contribution in [0.15, 0.2) is 39.4 Å². The van der Waals surface area contributed by atoms with Crippen molar-refractivity contribution in [2.45, 2.75) is 0 Å². The fourth-order valence-corrected chi connectivity index (χ4v) is 3.67. The SMILES string of the molecule is COc1ccc2nc(Nc3ncc(Br)cc3Br)sc2c1. The van der Waals surface area contributed by atoms with Crippen LogP contribution in [0.25, 0.3) is 10.2 Å². The largest absolute Gasteiger partial charge is 0.497 e. The maximum atomic E-state index is 5.22. The van der Waals surface area contributed by atoms with Gasteiger partial charge in [0.1, 0.15) is 11.6 Å². The molecule has 0 aliphatic heterocycles. The number of hydrogen-bond donors (Lipinski definition) is 1. The molecule has 0 aliphatic rings. The summed E-state index contributed by atoms with van der Waals surface area (Å²) < 4.78 is 8.08. The quantitative estimate of drug-likeness (QED) is 0.657. The first kappa shape index (κ1) is 13.8. The lowest BCUT2D eigenvalue weighted by Gasteiger charge is -2.03. The Morgan fingerprint density at radius 3 is 2.85 bits per heavy atom. The Kier molecular flexibility index (Phi) is 3.91. The minimum absolute atomic E-state index is 0.735. The molecule has 0 saturated carbocycles. The van der Waals surface area contributed by atoms with Crippen molar-refractivity contribution in [3.8, 4) is 5.75 Å². The molecule has 1 aromatic carbocycles. The van der Waals surface area contributed by atoms with Gasteiger partial charge in [0.2, 0.25) is 0 Å². The van der Waals surface area contributed by atoms with Crippen LogP contribution in [0.5, 0.6) is 5.75 Å². The molecule has 1 N–H and O–H groups in total. The van der Waals surface area contributed by atoms with E-state index in [-0.39, 0.29) is 0 Å².